The minimum atomic E-state index is -0.0942. The van der Waals surface area contributed by atoms with Crippen LogP contribution in [0.1, 0.15) is 6.42 Å². The minimum Gasteiger partial charge on any atom is -0.497 e. The van der Waals surface area contributed by atoms with Crippen LogP contribution in [0.3, 0.4) is 0 Å². The summed E-state index contributed by atoms with van der Waals surface area (Å²) in [5.74, 6) is 2.25. The molecule has 1 amide bonds. The zero-order chi connectivity index (χ0) is 19.1. The van der Waals surface area contributed by atoms with Crippen molar-refractivity contribution in [1.29, 1.82) is 0 Å². The molecule has 0 fully saturated rings. The van der Waals surface area contributed by atoms with E-state index in [1.807, 2.05) is 42.5 Å². The minimum absolute atomic E-state index is 0.0942. The van der Waals surface area contributed by atoms with E-state index >= 15 is 0 Å². The molecule has 0 unspecified atom stereocenters. The number of hydrogen-bond donors (Lipinski definition) is 1. The van der Waals surface area contributed by atoms with Gasteiger partial charge in [-0.25, -0.2) is 0 Å². The van der Waals surface area contributed by atoms with Gasteiger partial charge in [0.05, 0.1) is 14.2 Å². The molecule has 1 heterocycles. The summed E-state index contributed by atoms with van der Waals surface area (Å²) in [6.07, 6.45) is 0.318. The summed E-state index contributed by atoms with van der Waals surface area (Å²) >= 11 is 1.34. The molecule has 27 heavy (non-hydrogen) atoms. The van der Waals surface area contributed by atoms with Crippen LogP contribution in [0.5, 0.6) is 11.5 Å². The van der Waals surface area contributed by atoms with E-state index in [9.17, 15) is 4.79 Å². The first-order valence-corrected chi connectivity index (χ1v) is 9.21. The van der Waals surface area contributed by atoms with Crippen LogP contribution in [-0.4, -0.2) is 36.1 Å². The van der Waals surface area contributed by atoms with Crippen molar-refractivity contribution in [1.82, 2.24) is 10.2 Å². The fourth-order valence-electron chi connectivity index (χ4n) is 2.30. The van der Waals surface area contributed by atoms with Gasteiger partial charge < -0.3 is 19.2 Å². The number of thioether (sulfide) groups is 1. The normalized spacial score (nSPS) is 10.4. The van der Waals surface area contributed by atoms with Gasteiger partial charge in [-0.2, -0.15) is 0 Å². The van der Waals surface area contributed by atoms with Crippen LogP contribution in [0.4, 0.5) is 5.69 Å². The van der Waals surface area contributed by atoms with Crippen molar-refractivity contribution in [2.45, 2.75) is 11.6 Å². The van der Waals surface area contributed by atoms with Crippen molar-refractivity contribution in [3.05, 3.63) is 48.5 Å². The van der Waals surface area contributed by atoms with Gasteiger partial charge in [-0.05, 0) is 30.3 Å². The van der Waals surface area contributed by atoms with Crippen molar-refractivity contribution in [3.8, 4) is 23.0 Å². The predicted molar refractivity (Wildman–Crippen MR) is 103 cm³/mol. The molecule has 0 atom stereocenters. The molecule has 8 heteroatoms. The second-order valence-electron chi connectivity index (χ2n) is 5.48. The van der Waals surface area contributed by atoms with Crippen molar-refractivity contribution >= 4 is 23.4 Å². The van der Waals surface area contributed by atoms with Gasteiger partial charge in [0.15, 0.2) is 0 Å². The summed E-state index contributed by atoms with van der Waals surface area (Å²) in [5, 5.41) is 11.3. The lowest BCUT2D eigenvalue weighted by molar-refractivity contribution is -0.115. The number of carbonyl (C=O) groups excluding carboxylic acids is 1. The van der Waals surface area contributed by atoms with Gasteiger partial charge in [0.1, 0.15) is 11.5 Å². The summed E-state index contributed by atoms with van der Waals surface area (Å²) < 4.78 is 16.0. The van der Waals surface area contributed by atoms with Crippen molar-refractivity contribution in [2.75, 3.05) is 25.3 Å². The molecule has 0 aliphatic rings. The molecular weight excluding hydrogens is 366 g/mol. The number of hydrogen-bond acceptors (Lipinski definition) is 7. The molecule has 0 bridgehead atoms. The van der Waals surface area contributed by atoms with E-state index in [2.05, 4.69) is 15.5 Å². The average Bonchev–Trinajstić information content (AvgIpc) is 3.17. The SMILES string of the molecule is COc1cccc(NC(=O)CCSc2nnc(-c3cccc(OC)c3)o2)c1. The van der Waals surface area contributed by atoms with E-state index in [4.69, 9.17) is 13.9 Å². The number of methoxy groups -OCH3 is 2. The van der Waals surface area contributed by atoms with E-state index in [1.54, 1.807) is 20.3 Å². The highest BCUT2D eigenvalue weighted by molar-refractivity contribution is 7.99. The molecule has 0 aliphatic heterocycles. The van der Waals surface area contributed by atoms with Crippen LogP contribution < -0.4 is 14.8 Å². The second-order valence-corrected chi connectivity index (χ2v) is 6.53. The van der Waals surface area contributed by atoms with Crippen molar-refractivity contribution < 1.29 is 18.7 Å². The van der Waals surface area contributed by atoms with Gasteiger partial charge in [0.2, 0.25) is 11.8 Å². The molecule has 0 aliphatic carbocycles. The highest BCUT2D eigenvalue weighted by atomic mass is 32.2. The largest absolute Gasteiger partial charge is 0.497 e. The summed E-state index contributed by atoms with van der Waals surface area (Å²) in [6.45, 7) is 0. The zero-order valence-electron chi connectivity index (χ0n) is 15.0. The van der Waals surface area contributed by atoms with Gasteiger partial charge >= 0.3 is 0 Å². The lowest BCUT2D eigenvalue weighted by Gasteiger charge is -2.06. The highest BCUT2D eigenvalue weighted by Crippen LogP contribution is 2.26. The maximum atomic E-state index is 12.1. The number of ether oxygens (including phenoxy) is 2. The smallest absolute Gasteiger partial charge is 0.276 e. The Bertz CT molecular complexity index is 913. The molecule has 0 saturated carbocycles. The van der Waals surface area contributed by atoms with Crippen LogP contribution in [0.2, 0.25) is 0 Å². The molecule has 0 saturated heterocycles. The Hall–Kier alpha value is -3.00. The lowest BCUT2D eigenvalue weighted by atomic mass is 10.2. The molecule has 7 nitrogen and oxygen atoms in total. The van der Waals surface area contributed by atoms with Crippen LogP contribution in [0.15, 0.2) is 58.2 Å². The third-order valence-electron chi connectivity index (χ3n) is 3.63. The number of carbonyl (C=O) groups is 1. The highest BCUT2D eigenvalue weighted by Gasteiger charge is 2.11. The van der Waals surface area contributed by atoms with Gasteiger partial charge in [-0.3, -0.25) is 4.79 Å². The maximum Gasteiger partial charge on any atom is 0.276 e. The Balaban J connectivity index is 1.50. The van der Waals surface area contributed by atoms with E-state index in [1.165, 1.54) is 11.8 Å². The lowest BCUT2D eigenvalue weighted by Crippen LogP contribution is -2.12. The van der Waals surface area contributed by atoms with Crippen molar-refractivity contribution in [2.24, 2.45) is 0 Å². The molecule has 2 aromatic carbocycles. The number of amides is 1. The van der Waals surface area contributed by atoms with E-state index in [-0.39, 0.29) is 5.91 Å². The Labute approximate surface area is 161 Å². The summed E-state index contributed by atoms with van der Waals surface area (Å²) in [6, 6.07) is 14.6. The van der Waals surface area contributed by atoms with Gasteiger partial charge in [-0.1, -0.05) is 23.9 Å². The maximum absolute atomic E-state index is 12.1. The number of aromatic nitrogens is 2. The zero-order valence-corrected chi connectivity index (χ0v) is 15.8. The predicted octanol–water partition coefficient (Wildman–Crippen LogP) is 3.87. The molecule has 0 radical (unpaired) electrons. The van der Waals surface area contributed by atoms with Crippen LogP contribution in [0, 0.1) is 0 Å². The fraction of sp³-hybridized carbons (Fsp3) is 0.211. The van der Waals surface area contributed by atoms with Gasteiger partial charge in [0.25, 0.3) is 5.22 Å². The standard InChI is InChI=1S/C19H19N3O4S/c1-24-15-7-3-5-13(11-15)18-21-22-19(26-18)27-10-9-17(23)20-14-6-4-8-16(12-14)25-2/h3-8,11-12H,9-10H2,1-2H3,(H,20,23). The number of anilines is 1. The quantitative estimate of drug-likeness (QED) is 0.589. The van der Waals surface area contributed by atoms with Gasteiger partial charge in [0, 0.05) is 29.5 Å². The Morgan fingerprint density at radius 3 is 2.59 bits per heavy atom. The first-order chi connectivity index (χ1) is 13.2. The fourth-order valence-corrected chi connectivity index (χ4v) is 2.99. The Morgan fingerprint density at radius 1 is 1.07 bits per heavy atom. The average molecular weight is 385 g/mol. The molecule has 140 valence electrons. The number of rotatable bonds is 8. The summed E-state index contributed by atoms with van der Waals surface area (Å²) in [4.78, 5) is 12.1. The first-order valence-electron chi connectivity index (χ1n) is 8.22. The third kappa shape index (κ3) is 5.24. The summed E-state index contributed by atoms with van der Waals surface area (Å²) in [7, 11) is 3.19. The molecule has 1 N–H and O–H groups in total. The van der Waals surface area contributed by atoms with Crippen LogP contribution in [0.25, 0.3) is 11.5 Å². The van der Waals surface area contributed by atoms with Crippen molar-refractivity contribution in [3.63, 3.8) is 0 Å². The monoisotopic (exact) mass is 385 g/mol. The first kappa shape index (κ1) is 18.8. The van der Waals surface area contributed by atoms with Crippen LogP contribution in [-0.2, 0) is 4.79 Å². The molecule has 3 aromatic rings. The third-order valence-corrected chi connectivity index (χ3v) is 4.45. The van der Waals surface area contributed by atoms with Crippen LogP contribution >= 0.6 is 11.8 Å². The number of nitrogens with one attached hydrogen (secondary N) is 1. The van der Waals surface area contributed by atoms with E-state index in [0.717, 1.165) is 5.56 Å². The van der Waals surface area contributed by atoms with E-state index in [0.29, 0.717) is 40.5 Å². The summed E-state index contributed by atoms with van der Waals surface area (Å²) in [5.41, 5.74) is 1.48. The van der Waals surface area contributed by atoms with E-state index < -0.39 is 0 Å². The second kappa shape index (κ2) is 9.09. The molecule has 1 aromatic heterocycles. The molecular formula is C19H19N3O4S. The number of nitrogens with zero attached hydrogens (tertiary/aromatic N) is 2. The Kier molecular flexibility index (Phi) is 6.32. The molecule has 3 rings (SSSR count). The molecule has 0 spiro atoms. The number of benzene rings is 2. The van der Waals surface area contributed by atoms with Gasteiger partial charge in [-0.15, -0.1) is 10.2 Å². The topological polar surface area (TPSA) is 86.5 Å². The Morgan fingerprint density at radius 2 is 1.81 bits per heavy atom.